The van der Waals surface area contributed by atoms with E-state index in [9.17, 15) is 0 Å². The Hall–Kier alpha value is -1.56. The van der Waals surface area contributed by atoms with E-state index in [-0.39, 0.29) is 0 Å². The first-order valence-corrected chi connectivity index (χ1v) is 6.40. The Morgan fingerprint density at radius 3 is 2.35 bits per heavy atom. The fourth-order valence-electron chi connectivity index (χ4n) is 2.87. The fourth-order valence-corrected chi connectivity index (χ4v) is 2.87. The van der Waals surface area contributed by atoms with Crippen molar-refractivity contribution >= 4 is 0 Å². The highest BCUT2D eigenvalue weighted by molar-refractivity contribution is 5.44. The van der Waals surface area contributed by atoms with Crippen molar-refractivity contribution in [1.82, 2.24) is 0 Å². The molecule has 2 aromatic rings. The van der Waals surface area contributed by atoms with E-state index in [4.69, 9.17) is 0 Å². The van der Waals surface area contributed by atoms with Crippen LogP contribution >= 0.6 is 0 Å². The molecule has 0 bridgehead atoms. The van der Waals surface area contributed by atoms with E-state index in [1.54, 1.807) is 11.1 Å². The van der Waals surface area contributed by atoms with Crippen LogP contribution in [0.2, 0.25) is 0 Å². The lowest BCUT2D eigenvalue weighted by Crippen LogP contribution is -1.96. The quantitative estimate of drug-likeness (QED) is 0.671. The average molecular weight is 222 g/mol. The number of hydrogen-bond donors (Lipinski definition) is 0. The van der Waals surface area contributed by atoms with Crippen molar-refractivity contribution < 1.29 is 0 Å². The third-order valence-electron chi connectivity index (χ3n) is 3.86. The van der Waals surface area contributed by atoms with Gasteiger partial charge in [-0.2, -0.15) is 0 Å². The van der Waals surface area contributed by atoms with Gasteiger partial charge in [-0.15, -0.1) is 0 Å². The minimum Gasteiger partial charge on any atom is -0.0590 e. The molecule has 86 valence electrons. The predicted molar refractivity (Wildman–Crippen MR) is 72.5 cm³/mol. The maximum atomic E-state index is 2.37. The maximum absolute atomic E-state index is 2.37. The molecule has 0 spiro atoms. The Morgan fingerprint density at radius 1 is 0.882 bits per heavy atom. The highest BCUT2D eigenvalue weighted by atomic mass is 14.3. The van der Waals surface area contributed by atoms with Gasteiger partial charge in [0.25, 0.3) is 0 Å². The summed E-state index contributed by atoms with van der Waals surface area (Å²) in [5.74, 6) is 0.616. The van der Waals surface area contributed by atoms with Gasteiger partial charge >= 0.3 is 0 Å². The Labute approximate surface area is 103 Å². The molecule has 0 radical (unpaired) electrons. The van der Waals surface area contributed by atoms with Crippen molar-refractivity contribution in [2.75, 3.05) is 0 Å². The standard InChI is InChI=1S/C17H18/c1-12-3-6-14(7-4-12)16-10-9-15-8-5-13(2)11-17(15)16/h3-8,11,16H,9-10H2,1-2H3. The van der Waals surface area contributed by atoms with Crippen LogP contribution in [0.25, 0.3) is 0 Å². The predicted octanol–water partition coefficient (Wildman–Crippen LogP) is 4.38. The lowest BCUT2D eigenvalue weighted by molar-refractivity contribution is 0.787. The minimum absolute atomic E-state index is 0.616. The van der Waals surface area contributed by atoms with Crippen molar-refractivity contribution in [2.45, 2.75) is 32.6 Å². The molecule has 2 aromatic carbocycles. The summed E-state index contributed by atoms with van der Waals surface area (Å²) in [5, 5.41) is 0. The van der Waals surface area contributed by atoms with Crippen LogP contribution in [0.3, 0.4) is 0 Å². The van der Waals surface area contributed by atoms with Crippen LogP contribution < -0.4 is 0 Å². The molecule has 0 saturated carbocycles. The van der Waals surface area contributed by atoms with Crippen LogP contribution in [0.5, 0.6) is 0 Å². The monoisotopic (exact) mass is 222 g/mol. The summed E-state index contributed by atoms with van der Waals surface area (Å²) < 4.78 is 0. The summed E-state index contributed by atoms with van der Waals surface area (Å²) in [6.45, 7) is 4.33. The second kappa shape index (κ2) is 4.03. The smallest absolute Gasteiger partial charge is 0.00953 e. The Bertz CT molecular complexity index is 534. The van der Waals surface area contributed by atoms with Gasteiger partial charge in [-0.25, -0.2) is 0 Å². The van der Waals surface area contributed by atoms with E-state index < -0.39 is 0 Å². The highest BCUT2D eigenvalue weighted by Gasteiger charge is 2.23. The topological polar surface area (TPSA) is 0 Å². The highest BCUT2D eigenvalue weighted by Crippen LogP contribution is 2.38. The van der Waals surface area contributed by atoms with Crippen LogP contribution in [0, 0.1) is 13.8 Å². The summed E-state index contributed by atoms with van der Waals surface area (Å²) in [5.41, 5.74) is 7.29. The van der Waals surface area contributed by atoms with Crippen molar-refractivity contribution in [3.8, 4) is 0 Å². The first kappa shape index (κ1) is 10.6. The van der Waals surface area contributed by atoms with Gasteiger partial charge < -0.3 is 0 Å². The van der Waals surface area contributed by atoms with Gasteiger partial charge in [0.05, 0.1) is 0 Å². The summed E-state index contributed by atoms with van der Waals surface area (Å²) in [6, 6.07) is 15.9. The molecular weight excluding hydrogens is 204 g/mol. The van der Waals surface area contributed by atoms with Gasteiger partial charge in [-0.1, -0.05) is 53.6 Å². The molecule has 0 fully saturated rings. The molecule has 0 heterocycles. The fraction of sp³-hybridized carbons (Fsp3) is 0.294. The van der Waals surface area contributed by atoms with Crippen molar-refractivity contribution in [3.05, 3.63) is 70.3 Å². The molecular formula is C17H18. The summed E-state index contributed by atoms with van der Waals surface area (Å²) in [6.07, 6.45) is 2.50. The second-order valence-electron chi connectivity index (χ2n) is 5.20. The van der Waals surface area contributed by atoms with Crippen LogP contribution in [-0.2, 0) is 6.42 Å². The van der Waals surface area contributed by atoms with Crippen molar-refractivity contribution in [1.29, 1.82) is 0 Å². The van der Waals surface area contributed by atoms with Gasteiger partial charge in [0, 0.05) is 5.92 Å². The third-order valence-corrected chi connectivity index (χ3v) is 3.86. The summed E-state index contributed by atoms with van der Waals surface area (Å²) in [7, 11) is 0. The van der Waals surface area contributed by atoms with E-state index in [1.807, 2.05) is 0 Å². The Balaban J connectivity index is 2.03. The first-order chi connectivity index (χ1) is 8.24. The van der Waals surface area contributed by atoms with E-state index in [0.29, 0.717) is 5.92 Å². The molecule has 0 aliphatic heterocycles. The number of aryl methyl sites for hydroxylation is 3. The largest absolute Gasteiger partial charge is 0.0590 e. The normalized spacial score (nSPS) is 18.1. The van der Waals surface area contributed by atoms with Crippen molar-refractivity contribution in [2.24, 2.45) is 0 Å². The maximum Gasteiger partial charge on any atom is 0.00953 e. The first-order valence-electron chi connectivity index (χ1n) is 6.40. The summed E-state index contributed by atoms with van der Waals surface area (Å²) >= 11 is 0. The van der Waals surface area contributed by atoms with Gasteiger partial charge in [0.2, 0.25) is 0 Å². The molecule has 1 atom stereocenters. The molecule has 0 heteroatoms. The minimum atomic E-state index is 0.616. The Kier molecular flexibility index (Phi) is 2.51. The zero-order valence-corrected chi connectivity index (χ0v) is 10.5. The molecule has 0 saturated heterocycles. The van der Waals surface area contributed by atoms with Gasteiger partial charge in [-0.05, 0) is 43.4 Å². The summed E-state index contributed by atoms with van der Waals surface area (Å²) in [4.78, 5) is 0. The molecule has 3 rings (SSSR count). The lowest BCUT2D eigenvalue weighted by atomic mass is 9.92. The van der Waals surface area contributed by atoms with Crippen LogP contribution in [0.15, 0.2) is 42.5 Å². The molecule has 1 aliphatic carbocycles. The number of benzene rings is 2. The van der Waals surface area contributed by atoms with Crippen LogP contribution in [0.1, 0.15) is 40.2 Å². The number of rotatable bonds is 1. The van der Waals surface area contributed by atoms with Gasteiger partial charge in [-0.3, -0.25) is 0 Å². The number of fused-ring (bicyclic) bond motifs is 1. The molecule has 1 aliphatic rings. The lowest BCUT2D eigenvalue weighted by Gasteiger charge is -2.13. The zero-order valence-electron chi connectivity index (χ0n) is 10.5. The van der Waals surface area contributed by atoms with Gasteiger partial charge in [0.1, 0.15) is 0 Å². The number of hydrogen-bond acceptors (Lipinski definition) is 0. The zero-order chi connectivity index (χ0) is 11.8. The molecule has 0 N–H and O–H groups in total. The van der Waals surface area contributed by atoms with Crippen molar-refractivity contribution in [3.63, 3.8) is 0 Å². The molecule has 0 nitrogen and oxygen atoms in total. The molecule has 1 unspecified atom stereocenters. The van der Waals surface area contributed by atoms with E-state index in [0.717, 1.165) is 0 Å². The van der Waals surface area contributed by atoms with E-state index >= 15 is 0 Å². The van der Waals surface area contributed by atoms with E-state index in [2.05, 4.69) is 56.3 Å². The molecule has 0 aromatic heterocycles. The SMILES string of the molecule is Cc1ccc(C2CCc3ccc(C)cc32)cc1. The second-order valence-corrected chi connectivity index (χ2v) is 5.20. The van der Waals surface area contributed by atoms with E-state index in [1.165, 1.54) is 29.5 Å². The van der Waals surface area contributed by atoms with Gasteiger partial charge in [0.15, 0.2) is 0 Å². The van der Waals surface area contributed by atoms with Crippen LogP contribution in [0.4, 0.5) is 0 Å². The van der Waals surface area contributed by atoms with Crippen LogP contribution in [-0.4, -0.2) is 0 Å². The molecule has 0 amide bonds. The molecule has 17 heavy (non-hydrogen) atoms. The Morgan fingerprint density at radius 2 is 1.59 bits per heavy atom. The average Bonchev–Trinajstić information content (AvgIpc) is 2.73. The third kappa shape index (κ3) is 1.88.